The van der Waals surface area contributed by atoms with Crippen LogP contribution in [0.1, 0.15) is 42.6 Å². The quantitative estimate of drug-likeness (QED) is 0.333. The SMILES string of the molecule is Cc1nc(NC2CC2)c2cc(-c3ccc(F)c(CN(C(=O)Cc4ccccc4)C4CC4)c3)ccc2n1. The summed E-state index contributed by atoms with van der Waals surface area (Å²) >= 11 is 0. The Bertz CT molecular complexity index is 1430. The van der Waals surface area contributed by atoms with Crippen molar-refractivity contribution in [1.82, 2.24) is 14.9 Å². The smallest absolute Gasteiger partial charge is 0.227 e. The minimum absolute atomic E-state index is 0.0440. The largest absolute Gasteiger partial charge is 0.367 e. The van der Waals surface area contributed by atoms with Crippen molar-refractivity contribution in [3.05, 3.63) is 89.5 Å². The third-order valence-electron chi connectivity index (χ3n) is 6.95. The van der Waals surface area contributed by atoms with Crippen LogP contribution in [0.3, 0.4) is 0 Å². The summed E-state index contributed by atoms with van der Waals surface area (Å²) in [5, 5.41) is 4.49. The summed E-state index contributed by atoms with van der Waals surface area (Å²) in [7, 11) is 0. The van der Waals surface area contributed by atoms with E-state index in [1.807, 2.05) is 60.4 Å². The molecule has 0 aliphatic heterocycles. The number of aryl methyl sites for hydroxylation is 1. The molecule has 1 N–H and O–H groups in total. The maximum absolute atomic E-state index is 15.0. The van der Waals surface area contributed by atoms with E-state index in [9.17, 15) is 9.18 Å². The van der Waals surface area contributed by atoms with Gasteiger partial charge in [0, 0.05) is 29.6 Å². The molecule has 2 saturated carbocycles. The predicted molar refractivity (Wildman–Crippen MR) is 140 cm³/mol. The van der Waals surface area contributed by atoms with Crippen LogP contribution in [0.5, 0.6) is 0 Å². The highest BCUT2D eigenvalue weighted by molar-refractivity contribution is 5.93. The van der Waals surface area contributed by atoms with Gasteiger partial charge in [-0.2, -0.15) is 0 Å². The third-order valence-corrected chi connectivity index (χ3v) is 6.95. The van der Waals surface area contributed by atoms with Crippen LogP contribution in [0.25, 0.3) is 22.0 Å². The van der Waals surface area contributed by atoms with Crippen molar-refractivity contribution in [1.29, 1.82) is 0 Å². The van der Waals surface area contributed by atoms with E-state index in [-0.39, 0.29) is 24.3 Å². The molecule has 4 aromatic rings. The number of fused-ring (bicyclic) bond motifs is 1. The number of hydrogen-bond acceptors (Lipinski definition) is 4. The number of carbonyl (C=O) groups excluding carboxylic acids is 1. The molecule has 36 heavy (non-hydrogen) atoms. The van der Waals surface area contributed by atoms with Gasteiger partial charge in [0.15, 0.2) is 0 Å². The molecule has 0 radical (unpaired) electrons. The zero-order valence-electron chi connectivity index (χ0n) is 20.4. The molecule has 0 atom stereocenters. The molecule has 0 spiro atoms. The Labute approximate surface area is 210 Å². The fourth-order valence-electron chi connectivity index (χ4n) is 4.69. The number of amides is 1. The maximum Gasteiger partial charge on any atom is 0.227 e. The van der Waals surface area contributed by atoms with E-state index in [2.05, 4.69) is 21.4 Å². The van der Waals surface area contributed by atoms with Crippen LogP contribution >= 0.6 is 0 Å². The van der Waals surface area contributed by atoms with Crippen molar-refractivity contribution in [2.45, 2.75) is 57.7 Å². The van der Waals surface area contributed by atoms with Gasteiger partial charge >= 0.3 is 0 Å². The molecule has 0 bridgehead atoms. The molecule has 3 aromatic carbocycles. The molecule has 6 rings (SSSR count). The highest BCUT2D eigenvalue weighted by atomic mass is 19.1. The lowest BCUT2D eigenvalue weighted by molar-refractivity contribution is -0.131. The molecule has 2 fully saturated rings. The number of nitrogens with one attached hydrogen (secondary N) is 1. The summed E-state index contributed by atoms with van der Waals surface area (Å²) in [6, 6.07) is 21.7. The van der Waals surface area contributed by atoms with Gasteiger partial charge in [-0.05, 0) is 73.6 Å². The van der Waals surface area contributed by atoms with E-state index in [0.29, 0.717) is 18.0 Å². The number of halogens is 1. The van der Waals surface area contributed by atoms with Crippen molar-refractivity contribution in [2.24, 2.45) is 0 Å². The van der Waals surface area contributed by atoms with E-state index in [4.69, 9.17) is 0 Å². The zero-order valence-corrected chi connectivity index (χ0v) is 20.4. The normalized spacial score (nSPS) is 15.2. The molecule has 2 aliphatic carbocycles. The summed E-state index contributed by atoms with van der Waals surface area (Å²) in [6.07, 6.45) is 4.60. The van der Waals surface area contributed by atoms with Crippen LogP contribution in [0.2, 0.25) is 0 Å². The molecule has 1 amide bonds. The molecule has 5 nitrogen and oxygen atoms in total. The lowest BCUT2D eigenvalue weighted by atomic mass is 10.0. The van der Waals surface area contributed by atoms with Gasteiger partial charge in [0.2, 0.25) is 5.91 Å². The third kappa shape index (κ3) is 4.94. The number of hydrogen-bond donors (Lipinski definition) is 1. The first-order chi connectivity index (χ1) is 17.5. The summed E-state index contributed by atoms with van der Waals surface area (Å²) < 4.78 is 15.0. The molecule has 1 heterocycles. The molecule has 6 heteroatoms. The highest BCUT2D eigenvalue weighted by Gasteiger charge is 2.33. The standard InChI is InChI=1S/C30H29FN4O/c1-19-32-28-14-8-22(17-26(28)30(33-19)34-24-9-10-24)21-7-13-27(31)23(16-21)18-35(25-11-12-25)29(36)15-20-5-3-2-4-6-20/h2-8,13-14,16-17,24-25H,9-12,15,18H2,1H3,(H,32,33,34). The van der Waals surface area contributed by atoms with Crippen LogP contribution < -0.4 is 5.32 Å². The van der Waals surface area contributed by atoms with Crippen molar-refractivity contribution in [3.63, 3.8) is 0 Å². The van der Waals surface area contributed by atoms with Gasteiger partial charge in [-0.1, -0.05) is 42.5 Å². The molecule has 0 saturated heterocycles. The van der Waals surface area contributed by atoms with Crippen molar-refractivity contribution in [3.8, 4) is 11.1 Å². The van der Waals surface area contributed by atoms with E-state index in [1.54, 1.807) is 6.07 Å². The van der Waals surface area contributed by atoms with Gasteiger partial charge in [0.25, 0.3) is 0 Å². The van der Waals surface area contributed by atoms with Gasteiger partial charge < -0.3 is 10.2 Å². The van der Waals surface area contributed by atoms with Gasteiger partial charge in [-0.3, -0.25) is 4.79 Å². The van der Waals surface area contributed by atoms with Crippen LogP contribution in [0, 0.1) is 12.7 Å². The Hall–Kier alpha value is -3.80. The highest BCUT2D eigenvalue weighted by Crippen LogP contribution is 2.33. The van der Waals surface area contributed by atoms with Crippen molar-refractivity contribution < 1.29 is 9.18 Å². The number of nitrogens with zero attached hydrogens (tertiary/aromatic N) is 3. The predicted octanol–water partition coefficient (Wildman–Crippen LogP) is 6.05. The second-order valence-corrected chi connectivity index (χ2v) is 9.99. The average Bonchev–Trinajstić information content (AvgIpc) is 3.80. The number of rotatable bonds is 8. The van der Waals surface area contributed by atoms with E-state index >= 15 is 0 Å². The second-order valence-electron chi connectivity index (χ2n) is 9.99. The second kappa shape index (κ2) is 9.34. The van der Waals surface area contributed by atoms with Crippen LogP contribution in [0.15, 0.2) is 66.7 Å². The first-order valence-corrected chi connectivity index (χ1v) is 12.7. The van der Waals surface area contributed by atoms with E-state index in [0.717, 1.165) is 64.9 Å². The maximum atomic E-state index is 15.0. The average molecular weight is 481 g/mol. The minimum atomic E-state index is -0.284. The molecule has 1 aromatic heterocycles. The van der Waals surface area contributed by atoms with Gasteiger partial charge in [0.05, 0.1) is 11.9 Å². The Morgan fingerprint density at radius 3 is 2.47 bits per heavy atom. The molecule has 182 valence electrons. The van der Waals surface area contributed by atoms with Crippen LogP contribution in [0.4, 0.5) is 10.2 Å². The molecule has 2 aliphatic rings. The van der Waals surface area contributed by atoms with E-state index in [1.165, 1.54) is 6.07 Å². The van der Waals surface area contributed by atoms with E-state index < -0.39 is 0 Å². The first-order valence-electron chi connectivity index (χ1n) is 12.7. The summed E-state index contributed by atoms with van der Waals surface area (Å²) in [4.78, 5) is 24.2. The molecule has 0 unspecified atom stereocenters. The molecular formula is C30H29FN4O. The monoisotopic (exact) mass is 480 g/mol. The van der Waals surface area contributed by atoms with Gasteiger partial charge in [0.1, 0.15) is 17.5 Å². The molecular weight excluding hydrogens is 451 g/mol. The number of anilines is 1. The van der Waals surface area contributed by atoms with Crippen molar-refractivity contribution >= 4 is 22.6 Å². The van der Waals surface area contributed by atoms with Crippen LogP contribution in [-0.4, -0.2) is 32.9 Å². The fourth-order valence-corrected chi connectivity index (χ4v) is 4.69. The van der Waals surface area contributed by atoms with Crippen LogP contribution in [-0.2, 0) is 17.8 Å². The number of carbonyl (C=O) groups is 1. The lowest BCUT2D eigenvalue weighted by Crippen LogP contribution is -2.34. The van der Waals surface area contributed by atoms with Gasteiger partial charge in [-0.25, -0.2) is 14.4 Å². The summed E-state index contributed by atoms with van der Waals surface area (Å²) in [5.41, 5.74) is 4.30. The Morgan fingerprint density at radius 1 is 0.972 bits per heavy atom. The Kier molecular flexibility index (Phi) is 5.88. The zero-order chi connectivity index (χ0) is 24.6. The summed E-state index contributed by atoms with van der Waals surface area (Å²) in [5.74, 6) is 1.36. The number of aromatic nitrogens is 2. The fraction of sp³-hybridized carbons (Fsp3) is 0.300. The van der Waals surface area contributed by atoms with Crippen molar-refractivity contribution in [2.75, 3.05) is 5.32 Å². The van der Waals surface area contributed by atoms with Gasteiger partial charge in [-0.15, -0.1) is 0 Å². The summed E-state index contributed by atoms with van der Waals surface area (Å²) in [6.45, 7) is 2.18. The first kappa shape index (κ1) is 22.7. The Balaban J connectivity index is 1.29. The Morgan fingerprint density at radius 2 is 1.72 bits per heavy atom. The minimum Gasteiger partial charge on any atom is -0.367 e. The number of benzene rings is 3. The topological polar surface area (TPSA) is 58.1 Å². The lowest BCUT2D eigenvalue weighted by Gasteiger charge is -2.23.